The van der Waals surface area contributed by atoms with Gasteiger partial charge in [0, 0.05) is 12.2 Å². The lowest BCUT2D eigenvalue weighted by Gasteiger charge is -2.24. The Kier molecular flexibility index (Phi) is 5.22. The van der Waals surface area contributed by atoms with Gasteiger partial charge in [-0.05, 0) is 24.5 Å². The summed E-state index contributed by atoms with van der Waals surface area (Å²) in [5, 5.41) is 3.13. The van der Waals surface area contributed by atoms with E-state index in [1.165, 1.54) is 13.2 Å². The summed E-state index contributed by atoms with van der Waals surface area (Å²) in [7, 11) is 1.35. The average Bonchev–Trinajstić information content (AvgIpc) is 2.34. The van der Waals surface area contributed by atoms with Crippen molar-refractivity contribution in [1.82, 2.24) is 10.3 Å². The molecule has 0 radical (unpaired) electrons. The highest BCUT2D eigenvalue weighted by molar-refractivity contribution is 5.76. The van der Waals surface area contributed by atoms with Gasteiger partial charge in [-0.2, -0.15) is 0 Å². The number of carbonyl (C=O) groups is 1. The Balaban J connectivity index is 2.78. The Morgan fingerprint density at radius 1 is 1.39 bits per heavy atom. The van der Waals surface area contributed by atoms with Gasteiger partial charge in [0.25, 0.3) is 0 Å². The Hall–Kier alpha value is -1.49. The van der Waals surface area contributed by atoms with E-state index in [1.807, 2.05) is 20.8 Å². The second-order valence-electron chi connectivity index (χ2n) is 4.57. The van der Waals surface area contributed by atoms with Crippen LogP contribution in [0.1, 0.15) is 32.4 Å². The monoisotopic (exact) mass is 254 g/mol. The van der Waals surface area contributed by atoms with E-state index in [9.17, 15) is 9.18 Å². The highest BCUT2D eigenvalue weighted by Gasteiger charge is 2.24. The summed E-state index contributed by atoms with van der Waals surface area (Å²) in [4.78, 5) is 15.4. The molecule has 4 nitrogen and oxygen atoms in total. The molecule has 1 aromatic heterocycles. The number of hydrogen-bond acceptors (Lipinski definition) is 4. The van der Waals surface area contributed by atoms with Crippen molar-refractivity contribution in [1.29, 1.82) is 0 Å². The third-order valence-electron chi connectivity index (χ3n) is 2.78. The van der Waals surface area contributed by atoms with Gasteiger partial charge in [-0.3, -0.25) is 15.1 Å². The molecule has 1 rings (SSSR count). The summed E-state index contributed by atoms with van der Waals surface area (Å²) in [6.07, 6.45) is 2.73. The van der Waals surface area contributed by atoms with Crippen LogP contribution < -0.4 is 5.32 Å². The molecule has 2 unspecified atom stereocenters. The molecule has 0 saturated carbocycles. The maximum atomic E-state index is 13.1. The highest BCUT2D eigenvalue weighted by atomic mass is 19.1. The minimum absolute atomic E-state index is 0.0846. The van der Waals surface area contributed by atoms with Crippen molar-refractivity contribution >= 4 is 5.97 Å². The molecular weight excluding hydrogens is 235 g/mol. The van der Waals surface area contributed by atoms with Crippen LogP contribution in [0.4, 0.5) is 4.39 Å². The van der Waals surface area contributed by atoms with Crippen molar-refractivity contribution in [3.63, 3.8) is 0 Å². The van der Waals surface area contributed by atoms with Crippen molar-refractivity contribution < 1.29 is 13.9 Å². The van der Waals surface area contributed by atoms with Crippen LogP contribution >= 0.6 is 0 Å². The molecule has 100 valence electrons. The molecule has 0 spiro atoms. The van der Waals surface area contributed by atoms with E-state index in [0.29, 0.717) is 5.56 Å². The summed E-state index contributed by atoms with van der Waals surface area (Å²) in [5.41, 5.74) is 0.699. The summed E-state index contributed by atoms with van der Waals surface area (Å²) < 4.78 is 17.8. The van der Waals surface area contributed by atoms with Crippen LogP contribution in [0.2, 0.25) is 0 Å². The van der Waals surface area contributed by atoms with Crippen molar-refractivity contribution in [3.05, 3.63) is 29.8 Å². The lowest BCUT2D eigenvalue weighted by molar-refractivity contribution is -0.144. The fourth-order valence-electron chi connectivity index (χ4n) is 1.69. The Morgan fingerprint density at radius 3 is 2.56 bits per heavy atom. The molecule has 0 aromatic carbocycles. The lowest BCUT2D eigenvalue weighted by Crippen LogP contribution is -2.43. The molecule has 0 amide bonds. The number of halogens is 1. The Bertz CT molecular complexity index is 410. The number of hydrogen-bond donors (Lipinski definition) is 1. The van der Waals surface area contributed by atoms with Gasteiger partial charge >= 0.3 is 5.97 Å². The number of nitrogens with zero attached hydrogens (tertiary/aromatic N) is 1. The van der Waals surface area contributed by atoms with Crippen molar-refractivity contribution in [2.24, 2.45) is 5.92 Å². The molecule has 0 bridgehead atoms. The molecule has 1 N–H and O–H groups in total. The zero-order valence-corrected chi connectivity index (χ0v) is 11.1. The standard InChI is InChI=1S/C13H19FN2O2/c1-8(2)12(13(17)18-4)16-9(3)10-5-11(14)7-15-6-10/h5-9,12,16H,1-4H3. The molecule has 0 aliphatic rings. The minimum Gasteiger partial charge on any atom is -0.468 e. The number of esters is 1. The van der Waals surface area contributed by atoms with Gasteiger partial charge < -0.3 is 4.74 Å². The molecule has 0 aliphatic carbocycles. The van der Waals surface area contributed by atoms with E-state index in [-0.39, 0.29) is 23.7 Å². The molecule has 0 saturated heterocycles. The van der Waals surface area contributed by atoms with Crippen LogP contribution in [0.5, 0.6) is 0 Å². The quantitative estimate of drug-likeness (QED) is 0.817. The summed E-state index contributed by atoms with van der Waals surface area (Å²) in [5.74, 6) is -0.622. The normalized spacial score (nSPS) is 14.3. The van der Waals surface area contributed by atoms with Crippen molar-refractivity contribution in [2.45, 2.75) is 32.9 Å². The van der Waals surface area contributed by atoms with Crippen molar-refractivity contribution in [3.8, 4) is 0 Å². The maximum absolute atomic E-state index is 13.1. The smallest absolute Gasteiger partial charge is 0.323 e. The highest BCUT2D eigenvalue weighted by Crippen LogP contribution is 2.15. The van der Waals surface area contributed by atoms with Crippen LogP contribution in [0.15, 0.2) is 18.5 Å². The van der Waals surface area contributed by atoms with Crippen LogP contribution in [0.3, 0.4) is 0 Å². The number of carbonyl (C=O) groups excluding carboxylic acids is 1. The predicted molar refractivity (Wildman–Crippen MR) is 66.4 cm³/mol. The molecule has 0 aliphatic heterocycles. The summed E-state index contributed by atoms with van der Waals surface area (Å²) in [6, 6.07) is 0.798. The SMILES string of the molecule is COC(=O)C(NC(C)c1cncc(F)c1)C(C)C. The summed E-state index contributed by atoms with van der Waals surface area (Å²) in [6.45, 7) is 5.70. The molecule has 1 heterocycles. The van der Waals surface area contributed by atoms with E-state index in [2.05, 4.69) is 10.3 Å². The van der Waals surface area contributed by atoms with E-state index in [0.717, 1.165) is 6.20 Å². The lowest BCUT2D eigenvalue weighted by atomic mass is 10.0. The fraction of sp³-hybridized carbons (Fsp3) is 0.538. The second kappa shape index (κ2) is 6.44. The Labute approximate surface area is 107 Å². The van der Waals surface area contributed by atoms with Gasteiger partial charge in [-0.25, -0.2) is 4.39 Å². The first-order valence-corrected chi connectivity index (χ1v) is 5.90. The molecule has 5 heteroatoms. The number of methoxy groups -OCH3 is 1. The first kappa shape index (κ1) is 14.6. The van der Waals surface area contributed by atoms with E-state index >= 15 is 0 Å². The van der Waals surface area contributed by atoms with Gasteiger partial charge in [-0.15, -0.1) is 0 Å². The first-order chi connectivity index (χ1) is 8.45. The van der Waals surface area contributed by atoms with Crippen LogP contribution in [0, 0.1) is 11.7 Å². The van der Waals surface area contributed by atoms with E-state index in [4.69, 9.17) is 4.74 Å². The second-order valence-corrected chi connectivity index (χ2v) is 4.57. The van der Waals surface area contributed by atoms with Gasteiger partial charge in [0.2, 0.25) is 0 Å². The van der Waals surface area contributed by atoms with Gasteiger partial charge in [0.05, 0.1) is 13.3 Å². The number of nitrogens with one attached hydrogen (secondary N) is 1. The van der Waals surface area contributed by atoms with Crippen molar-refractivity contribution in [2.75, 3.05) is 7.11 Å². The number of rotatable bonds is 5. The van der Waals surface area contributed by atoms with E-state index in [1.54, 1.807) is 6.20 Å². The third kappa shape index (κ3) is 3.77. The number of ether oxygens (including phenoxy) is 1. The van der Waals surface area contributed by atoms with Gasteiger partial charge in [-0.1, -0.05) is 13.8 Å². The largest absolute Gasteiger partial charge is 0.468 e. The first-order valence-electron chi connectivity index (χ1n) is 5.90. The number of pyridine rings is 1. The fourth-order valence-corrected chi connectivity index (χ4v) is 1.69. The van der Waals surface area contributed by atoms with Crippen LogP contribution in [0.25, 0.3) is 0 Å². The molecule has 1 aromatic rings. The van der Waals surface area contributed by atoms with Crippen LogP contribution in [-0.2, 0) is 9.53 Å². The van der Waals surface area contributed by atoms with E-state index < -0.39 is 6.04 Å². The molecule has 18 heavy (non-hydrogen) atoms. The predicted octanol–water partition coefficient (Wildman–Crippen LogP) is 2.07. The van der Waals surface area contributed by atoms with Crippen LogP contribution in [-0.4, -0.2) is 24.1 Å². The summed E-state index contributed by atoms with van der Waals surface area (Å²) >= 11 is 0. The van der Waals surface area contributed by atoms with Gasteiger partial charge in [0.1, 0.15) is 11.9 Å². The zero-order valence-electron chi connectivity index (χ0n) is 11.1. The maximum Gasteiger partial charge on any atom is 0.323 e. The molecule has 2 atom stereocenters. The minimum atomic E-state index is -0.423. The number of aromatic nitrogens is 1. The Morgan fingerprint density at radius 2 is 2.06 bits per heavy atom. The molecule has 0 fully saturated rings. The topological polar surface area (TPSA) is 51.2 Å². The third-order valence-corrected chi connectivity index (χ3v) is 2.78. The molecular formula is C13H19FN2O2. The zero-order chi connectivity index (χ0) is 13.7. The van der Waals surface area contributed by atoms with Gasteiger partial charge in [0.15, 0.2) is 0 Å². The average molecular weight is 254 g/mol.